The van der Waals surface area contributed by atoms with E-state index < -0.39 is 6.09 Å². The summed E-state index contributed by atoms with van der Waals surface area (Å²) < 4.78 is 6.57. The van der Waals surface area contributed by atoms with Gasteiger partial charge in [0, 0.05) is 21.4 Å². The summed E-state index contributed by atoms with van der Waals surface area (Å²) in [7, 11) is 1.32. The molecule has 5 nitrogen and oxygen atoms in total. The van der Waals surface area contributed by atoms with E-state index in [1.165, 1.54) is 12.7 Å². The quantitative estimate of drug-likeness (QED) is 0.774. The summed E-state index contributed by atoms with van der Waals surface area (Å²) in [5.74, 6) is 0.731. The van der Waals surface area contributed by atoms with Gasteiger partial charge in [-0.25, -0.2) is 4.79 Å². The van der Waals surface area contributed by atoms with Crippen LogP contribution < -0.4 is 10.6 Å². The molecule has 19 heavy (non-hydrogen) atoms. The van der Waals surface area contributed by atoms with E-state index in [1.54, 1.807) is 0 Å². The van der Waals surface area contributed by atoms with Crippen LogP contribution in [0.2, 0.25) is 0 Å². The van der Waals surface area contributed by atoms with Crippen LogP contribution in [0, 0.1) is 0 Å². The largest absolute Gasteiger partial charge is 0.453 e. The summed E-state index contributed by atoms with van der Waals surface area (Å²) in [4.78, 5) is 15.4. The number of carbonyl (C=O) groups is 1. The summed E-state index contributed by atoms with van der Waals surface area (Å²) >= 11 is 6.95. The zero-order valence-electron chi connectivity index (χ0n) is 10.2. The maximum absolute atomic E-state index is 11.1. The molecule has 1 aliphatic heterocycles. The number of guanidine groups is 1. The molecule has 0 saturated carbocycles. The zero-order valence-corrected chi connectivity index (χ0v) is 13.4. The highest BCUT2D eigenvalue weighted by Crippen LogP contribution is 2.26. The molecular formula is C12H13Br2N3O2. The number of halogens is 2. The lowest BCUT2D eigenvalue weighted by molar-refractivity contribution is 0.176. The molecule has 0 fully saturated rings. The first kappa shape index (κ1) is 14.3. The summed E-state index contributed by atoms with van der Waals surface area (Å²) in [6, 6.07) is 6.14. The average molecular weight is 391 g/mol. The van der Waals surface area contributed by atoms with E-state index in [-0.39, 0.29) is 5.92 Å². The number of nitrogens with one attached hydrogen (secondary N) is 2. The molecule has 0 spiro atoms. The van der Waals surface area contributed by atoms with Crippen LogP contribution in [0.25, 0.3) is 0 Å². The maximum atomic E-state index is 11.1. The molecule has 1 heterocycles. The van der Waals surface area contributed by atoms with E-state index in [0.717, 1.165) is 8.95 Å². The minimum atomic E-state index is -0.519. The fourth-order valence-electron chi connectivity index (χ4n) is 1.81. The van der Waals surface area contributed by atoms with Crippen molar-refractivity contribution in [2.75, 3.05) is 20.2 Å². The first-order valence-electron chi connectivity index (χ1n) is 5.68. The van der Waals surface area contributed by atoms with Crippen molar-refractivity contribution in [1.82, 2.24) is 10.6 Å². The molecule has 102 valence electrons. The van der Waals surface area contributed by atoms with Crippen molar-refractivity contribution in [3.8, 4) is 0 Å². The maximum Gasteiger partial charge on any atom is 0.413 e. The van der Waals surface area contributed by atoms with Gasteiger partial charge >= 0.3 is 6.09 Å². The third kappa shape index (κ3) is 3.94. The average Bonchev–Trinajstić information content (AvgIpc) is 2.38. The van der Waals surface area contributed by atoms with Gasteiger partial charge in [-0.05, 0) is 23.8 Å². The first-order chi connectivity index (χ1) is 9.08. The van der Waals surface area contributed by atoms with Crippen LogP contribution in [0.3, 0.4) is 0 Å². The number of hydrogen-bond donors (Lipinski definition) is 2. The molecule has 0 aliphatic carbocycles. The van der Waals surface area contributed by atoms with Crippen LogP contribution >= 0.6 is 31.9 Å². The monoisotopic (exact) mass is 389 g/mol. The number of methoxy groups -OCH3 is 1. The van der Waals surface area contributed by atoms with Crippen LogP contribution in [0.15, 0.2) is 32.1 Å². The number of alkyl carbamates (subject to hydrolysis) is 1. The number of carbonyl (C=O) groups excluding carboxylic acids is 1. The van der Waals surface area contributed by atoms with Gasteiger partial charge in [0.05, 0.1) is 13.7 Å². The predicted octanol–water partition coefficient (Wildman–Crippen LogP) is 2.61. The van der Waals surface area contributed by atoms with E-state index in [1.807, 2.05) is 6.07 Å². The number of hydrogen-bond acceptors (Lipinski definition) is 4. The third-order valence-corrected chi connectivity index (χ3v) is 3.66. The van der Waals surface area contributed by atoms with Gasteiger partial charge < -0.3 is 10.1 Å². The van der Waals surface area contributed by atoms with Crippen molar-refractivity contribution < 1.29 is 9.53 Å². The van der Waals surface area contributed by atoms with Crippen molar-refractivity contribution in [1.29, 1.82) is 0 Å². The smallest absolute Gasteiger partial charge is 0.413 e. The van der Waals surface area contributed by atoms with E-state index in [2.05, 4.69) is 64.4 Å². The van der Waals surface area contributed by atoms with Gasteiger partial charge in [-0.1, -0.05) is 31.9 Å². The molecule has 1 amide bonds. The van der Waals surface area contributed by atoms with Crippen molar-refractivity contribution >= 4 is 43.9 Å². The van der Waals surface area contributed by atoms with E-state index in [9.17, 15) is 4.79 Å². The normalized spacial score (nSPS) is 18.3. The molecule has 0 saturated heterocycles. The summed E-state index contributed by atoms with van der Waals surface area (Å²) in [5, 5.41) is 5.60. The second-order valence-electron chi connectivity index (χ2n) is 4.09. The van der Waals surface area contributed by atoms with Crippen molar-refractivity contribution in [3.05, 3.63) is 32.7 Å². The van der Waals surface area contributed by atoms with Crippen molar-refractivity contribution in [2.45, 2.75) is 5.92 Å². The van der Waals surface area contributed by atoms with E-state index >= 15 is 0 Å². The Labute approximate surface area is 128 Å². The topological polar surface area (TPSA) is 62.7 Å². The van der Waals surface area contributed by atoms with Crippen LogP contribution in [-0.2, 0) is 4.74 Å². The Hall–Kier alpha value is -1.08. The lowest BCUT2D eigenvalue weighted by Gasteiger charge is -2.23. The van der Waals surface area contributed by atoms with Gasteiger partial charge in [0.2, 0.25) is 5.96 Å². The molecule has 0 aromatic heterocycles. The lowest BCUT2D eigenvalue weighted by atomic mass is 9.98. The molecule has 1 atom stereocenters. The molecule has 2 N–H and O–H groups in total. The van der Waals surface area contributed by atoms with E-state index in [4.69, 9.17) is 0 Å². The number of amides is 1. The minimum Gasteiger partial charge on any atom is -0.453 e. The fraction of sp³-hybridized carbons (Fsp3) is 0.333. The van der Waals surface area contributed by atoms with Crippen LogP contribution in [0.5, 0.6) is 0 Å². The Morgan fingerprint density at radius 3 is 2.63 bits per heavy atom. The highest BCUT2D eigenvalue weighted by Gasteiger charge is 2.18. The molecule has 1 unspecified atom stereocenters. The highest BCUT2D eigenvalue weighted by molar-refractivity contribution is 9.11. The van der Waals surface area contributed by atoms with Crippen molar-refractivity contribution in [2.24, 2.45) is 4.99 Å². The van der Waals surface area contributed by atoms with Crippen LogP contribution in [0.4, 0.5) is 4.79 Å². The molecule has 1 aromatic carbocycles. The third-order valence-electron chi connectivity index (χ3n) is 2.75. The Balaban J connectivity index is 2.04. The van der Waals surface area contributed by atoms with Crippen LogP contribution in [0.1, 0.15) is 11.5 Å². The fourth-order valence-corrected chi connectivity index (χ4v) is 3.14. The number of nitrogens with zero attached hydrogens (tertiary/aromatic N) is 1. The standard InChI is InChI=1S/C12H13Br2N3O2/c1-19-12(18)17-11-15-5-8(6-16-11)7-2-9(13)4-10(14)3-7/h2-4,8H,5-6H2,1H3,(H2,15,16,17,18). The summed E-state index contributed by atoms with van der Waals surface area (Å²) in [6.07, 6.45) is -0.519. The van der Waals surface area contributed by atoms with Gasteiger partial charge in [-0.15, -0.1) is 0 Å². The lowest BCUT2D eigenvalue weighted by Crippen LogP contribution is -2.45. The number of benzene rings is 1. The van der Waals surface area contributed by atoms with Gasteiger partial charge in [0.1, 0.15) is 0 Å². The number of ether oxygens (including phenoxy) is 1. The molecule has 0 radical (unpaired) electrons. The Kier molecular flexibility index (Phi) is 4.81. The summed E-state index contributed by atoms with van der Waals surface area (Å²) in [5.41, 5.74) is 1.19. The number of rotatable bonds is 1. The van der Waals surface area contributed by atoms with Crippen molar-refractivity contribution in [3.63, 3.8) is 0 Å². The van der Waals surface area contributed by atoms with Gasteiger partial charge in [0.25, 0.3) is 0 Å². The Bertz CT molecular complexity index is 499. The van der Waals surface area contributed by atoms with E-state index in [0.29, 0.717) is 19.0 Å². The Morgan fingerprint density at radius 2 is 2.11 bits per heavy atom. The van der Waals surface area contributed by atoms with Gasteiger partial charge in [-0.3, -0.25) is 10.3 Å². The predicted molar refractivity (Wildman–Crippen MR) is 80.4 cm³/mol. The first-order valence-corrected chi connectivity index (χ1v) is 7.26. The van der Waals surface area contributed by atoms with Gasteiger partial charge in [0.15, 0.2) is 0 Å². The SMILES string of the molecule is COC(=O)NC1=NCC(c2cc(Br)cc(Br)c2)CN1. The molecule has 0 bridgehead atoms. The second-order valence-corrected chi connectivity index (χ2v) is 5.92. The van der Waals surface area contributed by atoms with Crippen LogP contribution in [-0.4, -0.2) is 32.3 Å². The Morgan fingerprint density at radius 1 is 1.42 bits per heavy atom. The highest BCUT2D eigenvalue weighted by atomic mass is 79.9. The zero-order chi connectivity index (χ0) is 13.8. The molecule has 1 aromatic rings. The number of aliphatic imine (C=N–C) groups is 1. The summed E-state index contributed by atoms with van der Waals surface area (Å²) in [6.45, 7) is 1.33. The molecular weight excluding hydrogens is 378 g/mol. The minimum absolute atomic E-state index is 0.275. The molecule has 2 rings (SSSR count). The second kappa shape index (κ2) is 6.38. The molecule has 7 heteroatoms. The van der Waals surface area contributed by atoms with Gasteiger partial charge in [-0.2, -0.15) is 0 Å². The molecule has 1 aliphatic rings.